The average molecular weight is 273 g/mol. The lowest BCUT2D eigenvalue weighted by Crippen LogP contribution is -2.15. The second-order valence-corrected chi connectivity index (χ2v) is 6.01. The molecule has 100 valence electrons. The molecule has 0 bridgehead atoms. The molecule has 1 N–H and O–H groups in total. The lowest BCUT2D eigenvalue weighted by Gasteiger charge is -2.08. The maximum atomic E-state index is 5.82. The number of benzene rings is 1. The fourth-order valence-electron chi connectivity index (χ4n) is 2.02. The smallest absolute Gasteiger partial charge is 0.119 e. The summed E-state index contributed by atoms with van der Waals surface area (Å²) in [5, 5.41) is 5.64. The number of nitrogens with one attached hydrogen (secondary N) is 1. The van der Waals surface area contributed by atoms with Crippen molar-refractivity contribution in [1.29, 1.82) is 0 Å². The normalized spacial score (nSPS) is 14.5. The second kappa shape index (κ2) is 6.22. The topological polar surface area (TPSA) is 21.3 Å². The van der Waals surface area contributed by atoms with Crippen LogP contribution in [0.2, 0.25) is 0 Å². The minimum absolute atomic E-state index is 0.750. The Bertz CT molecular complexity index is 505. The van der Waals surface area contributed by atoms with Crippen LogP contribution in [-0.4, -0.2) is 12.6 Å². The van der Waals surface area contributed by atoms with Crippen molar-refractivity contribution >= 4 is 11.3 Å². The molecule has 0 atom stereocenters. The maximum Gasteiger partial charge on any atom is 0.119 e. The zero-order valence-electron chi connectivity index (χ0n) is 11.0. The van der Waals surface area contributed by atoms with E-state index in [1.165, 1.54) is 23.3 Å². The number of thiophene rings is 1. The molecule has 1 heterocycles. The van der Waals surface area contributed by atoms with Gasteiger partial charge in [0.2, 0.25) is 0 Å². The van der Waals surface area contributed by atoms with Gasteiger partial charge in [0.15, 0.2) is 0 Å². The minimum atomic E-state index is 0.750. The first-order valence-corrected chi connectivity index (χ1v) is 7.75. The maximum absolute atomic E-state index is 5.82. The van der Waals surface area contributed by atoms with Crippen LogP contribution in [0.5, 0.6) is 5.75 Å². The van der Waals surface area contributed by atoms with E-state index in [0.717, 1.165) is 31.4 Å². The molecule has 1 aliphatic rings. The van der Waals surface area contributed by atoms with Crippen molar-refractivity contribution in [2.45, 2.75) is 31.8 Å². The highest BCUT2D eigenvalue weighted by Crippen LogP contribution is 2.20. The molecule has 2 nitrogen and oxygen atoms in total. The van der Waals surface area contributed by atoms with Crippen LogP contribution in [0.15, 0.2) is 41.8 Å². The molecule has 0 aliphatic heterocycles. The highest BCUT2D eigenvalue weighted by atomic mass is 32.1. The van der Waals surface area contributed by atoms with Crippen molar-refractivity contribution < 1.29 is 4.74 Å². The Kier molecular flexibility index (Phi) is 4.16. The molecule has 1 saturated carbocycles. The predicted octanol–water partition coefficient (Wildman–Crippen LogP) is 3.62. The fraction of sp³-hybridized carbons (Fsp3) is 0.375. The monoisotopic (exact) mass is 273 g/mol. The van der Waals surface area contributed by atoms with Crippen LogP contribution in [0.3, 0.4) is 0 Å². The molecule has 3 heteroatoms. The molecular weight excluding hydrogens is 254 g/mol. The quantitative estimate of drug-likeness (QED) is 0.832. The van der Waals surface area contributed by atoms with E-state index in [1.54, 1.807) is 11.3 Å². The van der Waals surface area contributed by atoms with Crippen molar-refractivity contribution in [1.82, 2.24) is 5.32 Å². The Morgan fingerprint density at radius 3 is 2.95 bits per heavy atom. The Labute approximate surface area is 118 Å². The highest BCUT2D eigenvalue weighted by Gasteiger charge is 2.19. The lowest BCUT2D eigenvalue weighted by atomic mass is 10.2. The van der Waals surface area contributed by atoms with Gasteiger partial charge in [0.05, 0.1) is 6.61 Å². The zero-order valence-corrected chi connectivity index (χ0v) is 11.8. The number of hydrogen-bond donors (Lipinski definition) is 1. The summed E-state index contributed by atoms with van der Waals surface area (Å²) < 4.78 is 5.82. The summed E-state index contributed by atoms with van der Waals surface area (Å²) in [5.74, 6) is 0.978. The molecule has 0 radical (unpaired) electrons. The molecule has 1 aromatic carbocycles. The van der Waals surface area contributed by atoms with Gasteiger partial charge in [-0.05, 0) is 42.0 Å². The molecule has 1 aliphatic carbocycles. The van der Waals surface area contributed by atoms with Crippen molar-refractivity contribution in [3.8, 4) is 5.75 Å². The summed E-state index contributed by atoms with van der Waals surface area (Å²) in [6.45, 7) is 1.70. The van der Waals surface area contributed by atoms with E-state index in [1.807, 2.05) is 6.07 Å². The third-order valence-corrected chi connectivity index (χ3v) is 4.20. The van der Waals surface area contributed by atoms with E-state index in [4.69, 9.17) is 4.74 Å². The van der Waals surface area contributed by atoms with Crippen molar-refractivity contribution in [2.75, 3.05) is 6.61 Å². The number of hydrogen-bond acceptors (Lipinski definition) is 3. The van der Waals surface area contributed by atoms with Gasteiger partial charge >= 0.3 is 0 Å². The van der Waals surface area contributed by atoms with E-state index in [2.05, 4.69) is 41.0 Å². The summed E-state index contributed by atoms with van der Waals surface area (Å²) in [6, 6.07) is 13.4. The second-order valence-electron chi connectivity index (χ2n) is 4.98. The van der Waals surface area contributed by atoms with Gasteiger partial charge in [-0.2, -0.15) is 0 Å². The molecule has 19 heavy (non-hydrogen) atoms. The Morgan fingerprint density at radius 1 is 1.21 bits per heavy atom. The third kappa shape index (κ3) is 4.08. The van der Waals surface area contributed by atoms with Gasteiger partial charge in [0, 0.05) is 23.9 Å². The van der Waals surface area contributed by atoms with E-state index < -0.39 is 0 Å². The SMILES string of the molecule is c1cc(CNC2CC2)cc(OCCc2cccs2)c1. The van der Waals surface area contributed by atoms with Gasteiger partial charge in [-0.25, -0.2) is 0 Å². The molecule has 1 aromatic heterocycles. The lowest BCUT2D eigenvalue weighted by molar-refractivity contribution is 0.322. The van der Waals surface area contributed by atoms with Crippen LogP contribution in [0, 0.1) is 0 Å². The number of ether oxygens (including phenoxy) is 1. The largest absolute Gasteiger partial charge is 0.493 e. The first-order valence-electron chi connectivity index (χ1n) is 6.88. The van der Waals surface area contributed by atoms with E-state index >= 15 is 0 Å². The molecule has 0 unspecified atom stereocenters. The molecule has 0 spiro atoms. The molecule has 0 saturated heterocycles. The predicted molar refractivity (Wildman–Crippen MR) is 79.8 cm³/mol. The van der Waals surface area contributed by atoms with Crippen molar-refractivity contribution in [2.24, 2.45) is 0 Å². The Morgan fingerprint density at radius 2 is 2.16 bits per heavy atom. The summed E-state index contributed by atoms with van der Waals surface area (Å²) in [7, 11) is 0. The summed E-state index contributed by atoms with van der Waals surface area (Å²) in [4.78, 5) is 1.38. The van der Waals surface area contributed by atoms with Gasteiger partial charge in [-0.3, -0.25) is 0 Å². The first kappa shape index (κ1) is 12.7. The van der Waals surface area contributed by atoms with Crippen LogP contribution in [0.4, 0.5) is 0 Å². The summed E-state index contributed by atoms with van der Waals surface area (Å²) >= 11 is 1.79. The van der Waals surface area contributed by atoms with Gasteiger partial charge in [0.1, 0.15) is 5.75 Å². The van der Waals surface area contributed by atoms with Gasteiger partial charge in [-0.1, -0.05) is 18.2 Å². The minimum Gasteiger partial charge on any atom is -0.493 e. The van der Waals surface area contributed by atoms with Crippen LogP contribution in [-0.2, 0) is 13.0 Å². The Hall–Kier alpha value is -1.32. The van der Waals surface area contributed by atoms with Crippen molar-refractivity contribution in [3.05, 3.63) is 52.2 Å². The van der Waals surface area contributed by atoms with Crippen molar-refractivity contribution in [3.63, 3.8) is 0 Å². The van der Waals surface area contributed by atoms with E-state index in [-0.39, 0.29) is 0 Å². The highest BCUT2D eigenvalue weighted by molar-refractivity contribution is 7.09. The molecule has 3 rings (SSSR count). The van der Waals surface area contributed by atoms with Crippen LogP contribution in [0.1, 0.15) is 23.3 Å². The summed E-state index contributed by atoms with van der Waals surface area (Å²) in [6.07, 6.45) is 3.65. The average Bonchev–Trinajstić information content (AvgIpc) is 3.13. The summed E-state index contributed by atoms with van der Waals surface area (Å²) in [5.41, 5.74) is 1.31. The molecular formula is C16H19NOS. The standard InChI is InChI=1S/C16H19NOS/c1-3-13(12-17-14-6-7-14)11-15(4-1)18-9-8-16-5-2-10-19-16/h1-5,10-11,14,17H,6-9,12H2. The molecule has 2 aromatic rings. The van der Waals surface area contributed by atoms with Gasteiger partial charge < -0.3 is 10.1 Å². The van der Waals surface area contributed by atoms with Crippen LogP contribution in [0.25, 0.3) is 0 Å². The van der Waals surface area contributed by atoms with Gasteiger partial charge in [0.25, 0.3) is 0 Å². The van der Waals surface area contributed by atoms with E-state index in [0.29, 0.717) is 0 Å². The zero-order chi connectivity index (χ0) is 12.9. The molecule has 0 amide bonds. The fourth-order valence-corrected chi connectivity index (χ4v) is 2.71. The Balaban J connectivity index is 1.47. The van der Waals surface area contributed by atoms with Crippen LogP contribution < -0.4 is 10.1 Å². The molecule has 1 fully saturated rings. The van der Waals surface area contributed by atoms with E-state index in [9.17, 15) is 0 Å². The van der Waals surface area contributed by atoms with Gasteiger partial charge in [-0.15, -0.1) is 11.3 Å². The van der Waals surface area contributed by atoms with Crippen LogP contribution >= 0.6 is 11.3 Å². The first-order chi connectivity index (χ1) is 9.40. The third-order valence-electron chi connectivity index (χ3n) is 3.27. The number of rotatable bonds is 7.